The molecular weight excluding hydrogens is 299 g/mol. The Morgan fingerprint density at radius 3 is 2.81 bits per heavy atom. The Hall–Kier alpha value is -1.55. The molecule has 0 radical (unpaired) electrons. The minimum absolute atomic E-state index is 0.0541. The summed E-state index contributed by atoms with van der Waals surface area (Å²) in [5.74, 6) is -0.226. The molecule has 1 aliphatic heterocycles. The molecule has 0 bridgehead atoms. The number of hydrogen-bond acceptors (Lipinski definition) is 5. The van der Waals surface area contributed by atoms with E-state index in [0.717, 1.165) is 12.3 Å². The van der Waals surface area contributed by atoms with Gasteiger partial charge in [0.05, 0.1) is 18.7 Å². The normalized spacial score (nSPS) is 25.6. The Morgan fingerprint density at radius 2 is 2.19 bits per heavy atom. The van der Waals surface area contributed by atoms with Gasteiger partial charge in [0.25, 0.3) is 0 Å². The first-order valence-corrected chi connectivity index (χ1v) is 6.10. The van der Waals surface area contributed by atoms with E-state index in [0.29, 0.717) is 0 Å². The maximum Gasteiger partial charge on any atom is 0.433 e. The number of morpholine rings is 1. The van der Waals surface area contributed by atoms with Gasteiger partial charge in [0.15, 0.2) is 0 Å². The van der Waals surface area contributed by atoms with E-state index < -0.39 is 36.7 Å². The zero-order valence-electron chi connectivity index (χ0n) is 10.9. The molecule has 21 heavy (non-hydrogen) atoms. The van der Waals surface area contributed by atoms with Crippen LogP contribution < -0.4 is 10.6 Å². The summed E-state index contributed by atoms with van der Waals surface area (Å²) >= 11 is 0. The van der Waals surface area contributed by atoms with Crippen molar-refractivity contribution in [1.82, 2.24) is 15.3 Å². The van der Waals surface area contributed by atoms with Crippen LogP contribution in [0.25, 0.3) is 0 Å². The lowest BCUT2D eigenvalue weighted by Gasteiger charge is -2.35. The van der Waals surface area contributed by atoms with Gasteiger partial charge in [0, 0.05) is 12.7 Å². The zero-order chi connectivity index (χ0) is 15.7. The second kappa shape index (κ2) is 5.68. The van der Waals surface area contributed by atoms with Gasteiger partial charge in [-0.1, -0.05) is 0 Å². The monoisotopic (exact) mass is 312 g/mol. The largest absolute Gasteiger partial charge is 0.433 e. The summed E-state index contributed by atoms with van der Waals surface area (Å²) in [5, 5.41) is 5.13. The van der Waals surface area contributed by atoms with Gasteiger partial charge in [0.2, 0.25) is 5.95 Å². The minimum Gasteiger partial charge on any atom is -0.353 e. The van der Waals surface area contributed by atoms with Crippen molar-refractivity contribution in [2.45, 2.75) is 31.4 Å². The van der Waals surface area contributed by atoms with E-state index in [1.54, 1.807) is 0 Å². The number of nitrogens with one attached hydrogen (secondary N) is 2. The Kier molecular flexibility index (Phi) is 4.28. The molecule has 1 saturated heterocycles. The summed E-state index contributed by atoms with van der Waals surface area (Å²) < 4.78 is 67.8. The van der Waals surface area contributed by atoms with E-state index in [4.69, 9.17) is 0 Å². The molecule has 0 aromatic carbocycles. The third-order valence-corrected chi connectivity index (χ3v) is 2.92. The highest BCUT2D eigenvalue weighted by Gasteiger charge is 2.40. The minimum atomic E-state index is -4.57. The van der Waals surface area contributed by atoms with Gasteiger partial charge >= 0.3 is 12.3 Å². The molecule has 10 heteroatoms. The highest BCUT2D eigenvalue weighted by molar-refractivity contribution is 5.26. The predicted octanol–water partition coefficient (Wildman–Crippen LogP) is 1.88. The van der Waals surface area contributed by atoms with Crippen LogP contribution in [0, 0.1) is 0 Å². The van der Waals surface area contributed by atoms with Crippen molar-refractivity contribution in [1.29, 1.82) is 0 Å². The maximum atomic E-state index is 12.9. The van der Waals surface area contributed by atoms with Gasteiger partial charge in [-0.3, -0.25) is 0 Å². The van der Waals surface area contributed by atoms with Crippen LogP contribution in [0.5, 0.6) is 0 Å². The summed E-state index contributed by atoms with van der Waals surface area (Å²) in [6.07, 6.45) is -7.66. The van der Waals surface area contributed by atoms with Crippen LogP contribution in [0.4, 0.5) is 27.9 Å². The van der Waals surface area contributed by atoms with E-state index in [9.17, 15) is 22.0 Å². The molecule has 0 unspecified atom stereocenters. The molecule has 1 aromatic heterocycles. The number of ether oxygens (including phenoxy) is 1. The number of halogens is 5. The van der Waals surface area contributed by atoms with Crippen molar-refractivity contribution < 1.29 is 26.7 Å². The van der Waals surface area contributed by atoms with Crippen LogP contribution in [-0.4, -0.2) is 41.3 Å². The predicted molar refractivity (Wildman–Crippen MR) is 62.8 cm³/mol. The fourth-order valence-corrected chi connectivity index (χ4v) is 1.85. The standard InChI is InChI=1S/C11H13F5N4O/c1-6-7(19-5-10(12,13)21-6)4-18-9-17-3-2-8(20-9)11(14,15)16/h2-3,6-7,19H,4-5H2,1H3,(H,17,18,20)/t6-,7+/m0/s1. The SMILES string of the molecule is C[C@@H]1OC(F)(F)CN[C@@H]1CNc1nccc(C(F)(F)F)n1. The molecule has 2 atom stereocenters. The third-order valence-electron chi connectivity index (χ3n) is 2.92. The van der Waals surface area contributed by atoms with Crippen LogP contribution in [0.3, 0.4) is 0 Å². The molecule has 2 heterocycles. The summed E-state index contributed by atoms with van der Waals surface area (Å²) in [7, 11) is 0. The number of anilines is 1. The van der Waals surface area contributed by atoms with E-state index in [1.165, 1.54) is 6.92 Å². The van der Waals surface area contributed by atoms with E-state index >= 15 is 0 Å². The van der Waals surface area contributed by atoms with Crippen molar-refractivity contribution in [3.8, 4) is 0 Å². The summed E-state index contributed by atoms with van der Waals surface area (Å²) in [6.45, 7) is 0.838. The molecule has 1 aromatic rings. The van der Waals surface area contributed by atoms with Crippen LogP contribution in [0.1, 0.15) is 12.6 Å². The van der Waals surface area contributed by atoms with Crippen LogP contribution in [-0.2, 0) is 10.9 Å². The molecule has 2 N–H and O–H groups in total. The number of alkyl halides is 5. The molecular formula is C11H13F5N4O. The molecule has 0 amide bonds. The van der Waals surface area contributed by atoms with Gasteiger partial charge in [-0.25, -0.2) is 9.97 Å². The molecule has 0 aliphatic carbocycles. The van der Waals surface area contributed by atoms with E-state index in [2.05, 4.69) is 25.3 Å². The highest BCUT2D eigenvalue weighted by Crippen LogP contribution is 2.27. The third kappa shape index (κ3) is 4.21. The summed E-state index contributed by atoms with van der Waals surface area (Å²) in [4.78, 5) is 6.97. The summed E-state index contributed by atoms with van der Waals surface area (Å²) in [5.41, 5.74) is -1.08. The molecule has 1 aliphatic rings. The van der Waals surface area contributed by atoms with Gasteiger partial charge in [-0.05, 0) is 13.0 Å². The second-order valence-corrected chi connectivity index (χ2v) is 4.59. The molecule has 1 fully saturated rings. The second-order valence-electron chi connectivity index (χ2n) is 4.59. The first kappa shape index (κ1) is 15.8. The molecule has 5 nitrogen and oxygen atoms in total. The fourth-order valence-electron chi connectivity index (χ4n) is 1.85. The number of nitrogens with zero attached hydrogens (tertiary/aromatic N) is 2. The lowest BCUT2D eigenvalue weighted by atomic mass is 10.1. The lowest BCUT2D eigenvalue weighted by Crippen LogP contribution is -2.57. The molecule has 0 spiro atoms. The number of hydrogen-bond donors (Lipinski definition) is 2. The van der Waals surface area contributed by atoms with Crippen LogP contribution in [0.15, 0.2) is 12.3 Å². The first-order valence-electron chi connectivity index (χ1n) is 6.10. The maximum absolute atomic E-state index is 12.9. The van der Waals surface area contributed by atoms with Gasteiger partial charge in [-0.15, -0.1) is 0 Å². The van der Waals surface area contributed by atoms with Crippen molar-refractivity contribution in [2.24, 2.45) is 0 Å². The Balaban J connectivity index is 1.95. The molecule has 118 valence electrons. The molecule has 0 saturated carbocycles. The van der Waals surface area contributed by atoms with Crippen LogP contribution in [0.2, 0.25) is 0 Å². The molecule has 2 rings (SSSR count). The van der Waals surface area contributed by atoms with E-state index in [1.807, 2.05) is 0 Å². The Morgan fingerprint density at radius 1 is 1.48 bits per heavy atom. The fraction of sp³-hybridized carbons (Fsp3) is 0.636. The average Bonchev–Trinajstić information content (AvgIpc) is 2.36. The van der Waals surface area contributed by atoms with Gasteiger partial charge in [0.1, 0.15) is 5.69 Å². The zero-order valence-corrected chi connectivity index (χ0v) is 10.9. The average molecular weight is 312 g/mol. The lowest BCUT2D eigenvalue weighted by molar-refractivity contribution is -0.278. The van der Waals surface area contributed by atoms with Crippen molar-refractivity contribution >= 4 is 5.95 Å². The quantitative estimate of drug-likeness (QED) is 0.835. The van der Waals surface area contributed by atoms with Gasteiger partial charge < -0.3 is 15.4 Å². The Bertz CT molecular complexity index is 496. The first-order chi connectivity index (χ1) is 9.67. The Labute approximate surface area is 116 Å². The van der Waals surface area contributed by atoms with Gasteiger partial charge in [-0.2, -0.15) is 22.0 Å². The van der Waals surface area contributed by atoms with E-state index in [-0.39, 0.29) is 12.5 Å². The number of rotatable bonds is 3. The van der Waals surface area contributed by atoms with Crippen molar-refractivity contribution in [3.63, 3.8) is 0 Å². The van der Waals surface area contributed by atoms with Crippen molar-refractivity contribution in [2.75, 3.05) is 18.4 Å². The smallest absolute Gasteiger partial charge is 0.353 e. The summed E-state index contributed by atoms with van der Waals surface area (Å²) in [6, 6.07) is 0.249. The number of aromatic nitrogens is 2. The van der Waals surface area contributed by atoms with Crippen LogP contribution >= 0.6 is 0 Å². The highest BCUT2D eigenvalue weighted by atomic mass is 19.4. The topological polar surface area (TPSA) is 59.1 Å². The van der Waals surface area contributed by atoms with Crippen molar-refractivity contribution in [3.05, 3.63) is 18.0 Å².